The average molecular weight is 831 g/mol. The van der Waals surface area contributed by atoms with Crippen LogP contribution < -0.4 is 0 Å². The highest BCUT2D eigenvalue weighted by Crippen LogP contribution is 2.50. The molecular weight excluding hydrogens is 785 g/mol. The van der Waals surface area contributed by atoms with Gasteiger partial charge in [0, 0.05) is 16.8 Å². The fourth-order valence-corrected chi connectivity index (χ4v) is 8.94. The van der Waals surface area contributed by atoms with E-state index in [1.165, 1.54) is 27.8 Å². The molecule has 0 saturated carbocycles. The Labute approximate surface area is 381 Å². The van der Waals surface area contributed by atoms with E-state index in [0.29, 0.717) is 11.5 Å². The molecule has 65 heavy (non-hydrogen) atoms. The van der Waals surface area contributed by atoms with Crippen molar-refractivity contribution in [2.24, 2.45) is 9.98 Å². The van der Waals surface area contributed by atoms with Gasteiger partial charge in [-0.3, -0.25) is 0 Å². The molecule has 0 fully saturated rings. The molecule has 0 spiro atoms. The number of hydrogen-bond donors (Lipinski definition) is 0. The second-order valence-corrected chi connectivity index (χ2v) is 16.2. The van der Waals surface area contributed by atoms with Crippen LogP contribution in [0.5, 0.6) is 0 Å². The molecule has 0 saturated heterocycles. The van der Waals surface area contributed by atoms with E-state index in [-0.39, 0.29) is 0 Å². The molecule has 0 radical (unpaired) electrons. The van der Waals surface area contributed by atoms with E-state index in [4.69, 9.17) is 9.98 Å². The fourth-order valence-electron chi connectivity index (χ4n) is 8.94. The molecule has 0 atom stereocenters. The SMILES string of the molecule is C=C(/N=C(\N=C(/C)c1ccccc1)c1ccc2ccccc2c1-c1cccc(-c2cc(-c3ccccc3)c(-c3ccccc3)c(-c3ccccc3)c2-c2ccccc2)c1)c1ccccc1. The van der Waals surface area contributed by atoms with Crippen molar-refractivity contribution in [2.45, 2.75) is 6.92 Å². The first kappa shape index (κ1) is 40.6. The van der Waals surface area contributed by atoms with Crippen LogP contribution in [0, 0.1) is 0 Å². The van der Waals surface area contributed by atoms with Crippen molar-refractivity contribution in [1.82, 2.24) is 0 Å². The van der Waals surface area contributed by atoms with Crippen LogP contribution in [0.15, 0.2) is 265 Å². The van der Waals surface area contributed by atoms with Gasteiger partial charge in [0.15, 0.2) is 5.84 Å². The summed E-state index contributed by atoms with van der Waals surface area (Å²) in [5.74, 6) is 0.598. The predicted molar refractivity (Wildman–Crippen MR) is 277 cm³/mol. The van der Waals surface area contributed by atoms with Gasteiger partial charge >= 0.3 is 0 Å². The summed E-state index contributed by atoms with van der Waals surface area (Å²) < 4.78 is 0. The van der Waals surface area contributed by atoms with Crippen LogP contribution in [0.2, 0.25) is 0 Å². The molecule has 0 unspecified atom stereocenters. The maximum absolute atomic E-state index is 5.34. The van der Waals surface area contributed by atoms with Crippen LogP contribution in [0.25, 0.3) is 83.2 Å². The number of amidine groups is 1. The van der Waals surface area contributed by atoms with E-state index in [1.54, 1.807) is 0 Å². The molecule has 0 aliphatic carbocycles. The molecule has 2 heteroatoms. The van der Waals surface area contributed by atoms with E-state index in [2.05, 4.69) is 214 Å². The maximum Gasteiger partial charge on any atom is 0.160 e. The van der Waals surface area contributed by atoms with E-state index >= 15 is 0 Å². The molecule has 0 bridgehead atoms. The van der Waals surface area contributed by atoms with E-state index in [1.807, 2.05) is 48.5 Å². The summed E-state index contributed by atoms with van der Waals surface area (Å²) in [5, 5.41) is 2.25. The molecule has 0 amide bonds. The lowest BCUT2D eigenvalue weighted by Crippen LogP contribution is -2.06. The molecule has 0 N–H and O–H groups in total. The van der Waals surface area contributed by atoms with Gasteiger partial charge in [0.25, 0.3) is 0 Å². The Morgan fingerprint density at radius 3 is 1.37 bits per heavy atom. The van der Waals surface area contributed by atoms with Gasteiger partial charge in [-0.25, -0.2) is 9.98 Å². The Balaban J connectivity index is 1.27. The Kier molecular flexibility index (Phi) is 11.5. The topological polar surface area (TPSA) is 24.7 Å². The van der Waals surface area contributed by atoms with Crippen LogP contribution in [-0.2, 0) is 0 Å². The normalized spacial score (nSPS) is 11.7. The van der Waals surface area contributed by atoms with Crippen LogP contribution in [0.3, 0.4) is 0 Å². The standard InChI is InChI=1S/C63H46N2/c1-44(46-24-9-3-10-25-46)64-63(65-45(2)47-26-11-4-12-27-47)56-41-40-49-30-21-22-39-55(49)59(56)54-38-23-37-53(42-54)58-43-57(48-28-13-5-14-29-48)60(50-31-15-6-16-32-50)62(52-35-19-8-20-36-52)61(58)51-33-17-7-18-34-51/h3-43H,1H2,2H3/b64-63-,65-45+. The molecule has 308 valence electrons. The van der Waals surface area contributed by atoms with Gasteiger partial charge in [-0.1, -0.05) is 237 Å². The van der Waals surface area contributed by atoms with Crippen LogP contribution in [0.1, 0.15) is 23.6 Å². The average Bonchev–Trinajstić information content (AvgIpc) is 3.39. The molecule has 0 aliphatic rings. The number of fused-ring (bicyclic) bond motifs is 1. The third kappa shape index (κ3) is 8.42. The Morgan fingerprint density at radius 2 is 0.785 bits per heavy atom. The lowest BCUT2D eigenvalue weighted by atomic mass is 9.78. The highest BCUT2D eigenvalue weighted by molar-refractivity contribution is 6.18. The van der Waals surface area contributed by atoms with Crippen molar-refractivity contribution in [3.63, 3.8) is 0 Å². The zero-order valence-corrected chi connectivity index (χ0v) is 36.3. The lowest BCUT2D eigenvalue weighted by molar-refractivity contribution is 1.44. The molecule has 10 rings (SSSR count). The molecule has 0 aromatic heterocycles. The van der Waals surface area contributed by atoms with Crippen LogP contribution >= 0.6 is 0 Å². The van der Waals surface area contributed by atoms with Crippen molar-refractivity contribution in [3.8, 4) is 66.8 Å². The van der Waals surface area contributed by atoms with Gasteiger partial charge in [0.2, 0.25) is 0 Å². The highest BCUT2D eigenvalue weighted by atomic mass is 14.9. The van der Waals surface area contributed by atoms with Gasteiger partial charge < -0.3 is 0 Å². The predicted octanol–water partition coefficient (Wildman–Crippen LogP) is 16.8. The maximum atomic E-state index is 5.34. The molecular formula is C63H46N2. The zero-order chi connectivity index (χ0) is 44.0. The van der Waals surface area contributed by atoms with Gasteiger partial charge in [0.1, 0.15) is 0 Å². The third-order valence-corrected chi connectivity index (χ3v) is 12.0. The van der Waals surface area contributed by atoms with Crippen molar-refractivity contribution >= 4 is 28.0 Å². The summed E-state index contributed by atoms with van der Waals surface area (Å²) >= 11 is 0. The molecule has 0 heterocycles. The Hall–Kier alpha value is -8.46. The van der Waals surface area contributed by atoms with Crippen molar-refractivity contribution in [1.29, 1.82) is 0 Å². The summed E-state index contributed by atoms with van der Waals surface area (Å²) in [6.07, 6.45) is 0. The number of aliphatic imine (C=N–C) groups is 2. The summed E-state index contributed by atoms with van der Waals surface area (Å²) in [6, 6.07) is 88.2. The number of hydrogen-bond acceptors (Lipinski definition) is 1. The van der Waals surface area contributed by atoms with E-state index in [9.17, 15) is 0 Å². The minimum absolute atomic E-state index is 0.598. The number of benzene rings is 10. The lowest BCUT2D eigenvalue weighted by Gasteiger charge is -2.25. The molecule has 0 aliphatic heterocycles. The highest BCUT2D eigenvalue weighted by Gasteiger charge is 2.24. The summed E-state index contributed by atoms with van der Waals surface area (Å²) in [4.78, 5) is 10.6. The quantitative estimate of drug-likeness (QED) is 0.0969. The van der Waals surface area contributed by atoms with Gasteiger partial charge in [-0.2, -0.15) is 0 Å². The Morgan fingerprint density at radius 1 is 0.338 bits per heavy atom. The van der Waals surface area contributed by atoms with Gasteiger partial charge in [-0.15, -0.1) is 0 Å². The van der Waals surface area contributed by atoms with Crippen LogP contribution in [-0.4, -0.2) is 11.5 Å². The molecule has 10 aromatic carbocycles. The molecule has 2 nitrogen and oxygen atoms in total. The van der Waals surface area contributed by atoms with E-state index in [0.717, 1.165) is 72.1 Å². The van der Waals surface area contributed by atoms with Gasteiger partial charge in [0.05, 0.1) is 5.70 Å². The first-order valence-electron chi connectivity index (χ1n) is 22.1. The smallest absolute Gasteiger partial charge is 0.160 e. The fraction of sp³-hybridized carbons (Fsp3) is 0.0159. The third-order valence-electron chi connectivity index (χ3n) is 12.0. The first-order chi connectivity index (χ1) is 32.1. The first-order valence-corrected chi connectivity index (χ1v) is 22.1. The van der Waals surface area contributed by atoms with Crippen molar-refractivity contribution in [2.75, 3.05) is 0 Å². The second kappa shape index (κ2) is 18.5. The summed E-state index contributed by atoms with van der Waals surface area (Å²) in [5.41, 5.74) is 18.1. The second-order valence-electron chi connectivity index (χ2n) is 16.2. The largest absolute Gasteiger partial charge is 0.233 e. The van der Waals surface area contributed by atoms with Crippen molar-refractivity contribution in [3.05, 3.63) is 272 Å². The zero-order valence-electron chi connectivity index (χ0n) is 36.3. The van der Waals surface area contributed by atoms with Crippen molar-refractivity contribution < 1.29 is 0 Å². The summed E-state index contributed by atoms with van der Waals surface area (Å²) in [7, 11) is 0. The van der Waals surface area contributed by atoms with Gasteiger partial charge in [-0.05, 0) is 108 Å². The minimum Gasteiger partial charge on any atom is -0.233 e. The number of rotatable bonds is 10. The monoisotopic (exact) mass is 830 g/mol. The number of nitrogens with zero attached hydrogens (tertiary/aromatic N) is 2. The molecule has 10 aromatic rings. The van der Waals surface area contributed by atoms with E-state index < -0.39 is 0 Å². The minimum atomic E-state index is 0.598. The Bertz CT molecular complexity index is 3340. The summed E-state index contributed by atoms with van der Waals surface area (Å²) in [6.45, 7) is 6.52. The van der Waals surface area contributed by atoms with Crippen LogP contribution in [0.4, 0.5) is 0 Å².